The minimum Gasteiger partial charge on any atom is -0.465 e. The predicted octanol–water partition coefficient (Wildman–Crippen LogP) is 2.26. The molecule has 0 unspecified atom stereocenters. The molecule has 7 nitrogen and oxygen atoms in total. The summed E-state index contributed by atoms with van der Waals surface area (Å²) < 4.78 is 14.5. The first-order chi connectivity index (χ1) is 10.7. The summed E-state index contributed by atoms with van der Waals surface area (Å²) in [6, 6.07) is 4.39. The van der Waals surface area contributed by atoms with E-state index in [1.165, 1.54) is 39.2 Å². The zero-order chi connectivity index (χ0) is 17.2. The maximum Gasteiger partial charge on any atom is 0.350 e. The van der Waals surface area contributed by atoms with Gasteiger partial charge in [-0.25, -0.2) is 14.4 Å². The van der Waals surface area contributed by atoms with Crippen molar-refractivity contribution in [1.82, 2.24) is 0 Å². The number of hydrogen-bond donors (Lipinski definition) is 1. The van der Waals surface area contributed by atoms with E-state index < -0.39 is 23.7 Å². The van der Waals surface area contributed by atoms with Gasteiger partial charge in [0.2, 0.25) is 0 Å². The number of nitrogens with one attached hydrogen (secondary N) is 1. The van der Waals surface area contributed by atoms with Crippen LogP contribution in [0.5, 0.6) is 0 Å². The Morgan fingerprint density at radius 3 is 2.43 bits per heavy atom. The van der Waals surface area contributed by atoms with Crippen molar-refractivity contribution >= 4 is 35.2 Å². The van der Waals surface area contributed by atoms with Gasteiger partial charge in [0.15, 0.2) is 5.57 Å². The van der Waals surface area contributed by atoms with Gasteiger partial charge in [0, 0.05) is 20.0 Å². The second kappa shape index (κ2) is 6.29. The molecule has 1 aliphatic heterocycles. The van der Waals surface area contributed by atoms with Crippen LogP contribution in [0.25, 0.3) is 0 Å². The van der Waals surface area contributed by atoms with Crippen molar-refractivity contribution in [2.45, 2.75) is 19.6 Å². The third-order valence-electron chi connectivity index (χ3n) is 2.88. The summed E-state index contributed by atoms with van der Waals surface area (Å²) in [6.07, 6.45) is 1.11. The first kappa shape index (κ1) is 16.8. The quantitative estimate of drug-likeness (QED) is 0.513. The highest BCUT2D eigenvalue weighted by atomic mass is 35.5. The van der Waals surface area contributed by atoms with Gasteiger partial charge in [-0.3, -0.25) is 0 Å². The van der Waals surface area contributed by atoms with Crippen molar-refractivity contribution < 1.29 is 28.6 Å². The van der Waals surface area contributed by atoms with E-state index in [4.69, 9.17) is 21.1 Å². The Kier molecular flexibility index (Phi) is 4.60. The maximum atomic E-state index is 11.8. The Hall–Kier alpha value is -2.54. The molecule has 23 heavy (non-hydrogen) atoms. The van der Waals surface area contributed by atoms with Gasteiger partial charge in [0.05, 0.1) is 23.4 Å². The van der Waals surface area contributed by atoms with Crippen LogP contribution in [0.1, 0.15) is 24.2 Å². The summed E-state index contributed by atoms with van der Waals surface area (Å²) >= 11 is 6.00. The Labute approximate surface area is 137 Å². The lowest BCUT2D eigenvalue weighted by molar-refractivity contribution is -0.222. The number of halogens is 1. The number of hydrogen-bond acceptors (Lipinski definition) is 7. The van der Waals surface area contributed by atoms with Crippen LogP contribution in [0, 0.1) is 0 Å². The van der Waals surface area contributed by atoms with Crippen LogP contribution in [0.2, 0.25) is 5.02 Å². The number of esters is 3. The molecule has 0 radical (unpaired) electrons. The topological polar surface area (TPSA) is 90.9 Å². The highest BCUT2D eigenvalue weighted by Crippen LogP contribution is 2.26. The van der Waals surface area contributed by atoms with E-state index in [-0.39, 0.29) is 16.2 Å². The Balaban J connectivity index is 2.24. The smallest absolute Gasteiger partial charge is 0.350 e. The average Bonchev–Trinajstić information content (AvgIpc) is 2.46. The molecule has 122 valence electrons. The van der Waals surface area contributed by atoms with Gasteiger partial charge in [-0.2, -0.15) is 0 Å². The van der Waals surface area contributed by atoms with Crippen LogP contribution in [-0.2, 0) is 23.8 Å². The van der Waals surface area contributed by atoms with Crippen LogP contribution < -0.4 is 5.32 Å². The molecule has 1 aromatic carbocycles. The fourth-order valence-electron chi connectivity index (χ4n) is 1.81. The van der Waals surface area contributed by atoms with Gasteiger partial charge in [0.1, 0.15) is 0 Å². The summed E-state index contributed by atoms with van der Waals surface area (Å²) in [6.45, 7) is 2.90. The minimum atomic E-state index is -1.31. The molecule has 1 aliphatic rings. The van der Waals surface area contributed by atoms with Crippen LogP contribution in [-0.4, -0.2) is 30.8 Å². The number of carbonyl (C=O) groups is 3. The van der Waals surface area contributed by atoms with Crippen molar-refractivity contribution in [1.29, 1.82) is 0 Å². The van der Waals surface area contributed by atoms with E-state index >= 15 is 0 Å². The van der Waals surface area contributed by atoms with Gasteiger partial charge in [-0.15, -0.1) is 0 Å². The molecular formula is C15H14ClNO6. The van der Waals surface area contributed by atoms with Gasteiger partial charge in [-0.1, -0.05) is 11.6 Å². The van der Waals surface area contributed by atoms with Gasteiger partial charge in [0.25, 0.3) is 5.79 Å². The second-order valence-corrected chi connectivity index (χ2v) is 5.47. The normalized spacial score (nSPS) is 16.3. The molecule has 0 spiro atoms. The number of anilines is 1. The van der Waals surface area contributed by atoms with E-state index in [1.807, 2.05) is 0 Å². The molecule has 0 aliphatic carbocycles. The summed E-state index contributed by atoms with van der Waals surface area (Å²) in [4.78, 5) is 35.1. The van der Waals surface area contributed by atoms with Crippen molar-refractivity contribution in [3.8, 4) is 0 Å². The van der Waals surface area contributed by atoms with E-state index in [2.05, 4.69) is 10.1 Å². The zero-order valence-electron chi connectivity index (χ0n) is 12.6. The van der Waals surface area contributed by atoms with Gasteiger partial charge < -0.3 is 19.5 Å². The summed E-state index contributed by atoms with van der Waals surface area (Å²) in [7, 11) is 1.25. The lowest BCUT2D eigenvalue weighted by Crippen LogP contribution is -2.42. The fraction of sp³-hybridized carbons (Fsp3) is 0.267. The van der Waals surface area contributed by atoms with Crippen molar-refractivity contribution in [2.75, 3.05) is 12.4 Å². The summed E-state index contributed by atoms with van der Waals surface area (Å²) in [5.41, 5.74) is 0.254. The average molecular weight is 340 g/mol. The van der Waals surface area contributed by atoms with E-state index in [0.29, 0.717) is 5.69 Å². The SMILES string of the molecule is COC(=O)c1ccc(Cl)c(NC=C2C(=O)OC(C)(C)OC2=O)c1. The minimum absolute atomic E-state index is 0.257. The molecule has 0 bridgehead atoms. The third kappa shape index (κ3) is 3.81. The van der Waals surface area contributed by atoms with Crippen LogP contribution in [0.4, 0.5) is 5.69 Å². The van der Waals surface area contributed by atoms with Crippen LogP contribution >= 0.6 is 11.6 Å². The van der Waals surface area contributed by atoms with E-state index in [9.17, 15) is 14.4 Å². The zero-order valence-corrected chi connectivity index (χ0v) is 13.4. The van der Waals surface area contributed by atoms with Gasteiger partial charge >= 0.3 is 17.9 Å². The predicted molar refractivity (Wildman–Crippen MR) is 80.8 cm³/mol. The van der Waals surface area contributed by atoms with E-state index in [0.717, 1.165) is 6.20 Å². The Morgan fingerprint density at radius 1 is 1.26 bits per heavy atom. The molecule has 0 saturated carbocycles. The van der Waals surface area contributed by atoms with E-state index in [1.54, 1.807) is 0 Å². The molecular weight excluding hydrogens is 326 g/mol. The fourth-order valence-corrected chi connectivity index (χ4v) is 1.98. The Bertz CT molecular complexity index is 688. The molecule has 1 heterocycles. The van der Waals surface area contributed by atoms with Crippen molar-refractivity contribution in [3.63, 3.8) is 0 Å². The van der Waals surface area contributed by atoms with Gasteiger partial charge in [-0.05, 0) is 18.2 Å². The first-order valence-electron chi connectivity index (χ1n) is 6.55. The monoisotopic (exact) mass is 339 g/mol. The molecule has 1 N–H and O–H groups in total. The van der Waals surface area contributed by atoms with Crippen LogP contribution in [0.3, 0.4) is 0 Å². The highest BCUT2D eigenvalue weighted by molar-refractivity contribution is 6.33. The summed E-state index contributed by atoms with van der Waals surface area (Å²) in [5.74, 6) is -3.50. The second-order valence-electron chi connectivity index (χ2n) is 5.07. The maximum absolute atomic E-state index is 11.8. The molecule has 8 heteroatoms. The number of ether oxygens (including phenoxy) is 3. The highest BCUT2D eigenvalue weighted by Gasteiger charge is 2.38. The number of rotatable bonds is 3. The summed E-state index contributed by atoms with van der Waals surface area (Å²) in [5, 5.41) is 2.97. The number of cyclic esters (lactones) is 2. The number of benzene rings is 1. The number of methoxy groups -OCH3 is 1. The first-order valence-corrected chi connectivity index (χ1v) is 6.92. The van der Waals surface area contributed by atoms with Crippen LogP contribution in [0.15, 0.2) is 30.0 Å². The Morgan fingerprint density at radius 2 is 1.87 bits per heavy atom. The molecule has 1 fully saturated rings. The number of carbonyl (C=O) groups excluding carboxylic acids is 3. The molecule has 1 aromatic rings. The van der Waals surface area contributed by atoms with Crippen molar-refractivity contribution in [2.24, 2.45) is 0 Å². The molecule has 2 rings (SSSR count). The molecule has 1 saturated heterocycles. The van der Waals surface area contributed by atoms with Crippen molar-refractivity contribution in [3.05, 3.63) is 40.6 Å². The third-order valence-corrected chi connectivity index (χ3v) is 3.21. The lowest BCUT2D eigenvalue weighted by Gasteiger charge is -2.29. The molecule has 0 aromatic heterocycles. The molecule has 0 amide bonds. The standard InChI is InChI=1S/C15H14ClNO6/c1-15(2)22-13(19)9(14(20)23-15)7-17-11-6-8(12(18)21-3)4-5-10(11)16/h4-7,17H,1-3H3. The molecule has 0 atom stereocenters. The largest absolute Gasteiger partial charge is 0.465 e. The lowest BCUT2D eigenvalue weighted by atomic mass is 10.2.